The van der Waals surface area contributed by atoms with Gasteiger partial charge in [0, 0.05) is 5.56 Å². The van der Waals surface area contributed by atoms with Crippen molar-refractivity contribution in [1.29, 1.82) is 0 Å². The maximum absolute atomic E-state index is 14.7. The van der Waals surface area contributed by atoms with E-state index < -0.39 is 11.5 Å². The largest absolute Gasteiger partial charge is 0.497 e. The minimum Gasteiger partial charge on any atom is -0.497 e. The summed E-state index contributed by atoms with van der Waals surface area (Å²) in [6.45, 7) is 0. The van der Waals surface area contributed by atoms with E-state index in [-0.39, 0.29) is 5.78 Å². The van der Waals surface area contributed by atoms with Crippen LogP contribution in [0.3, 0.4) is 0 Å². The first-order valence-electron chi connectivity index (χ1n) is 11.5. The van der Waals surface area contributed by atoms with Crippen LogP contribution in [0.15, 0.2) is 114 Å². The van der Waals surface area contributed by atoms with E-state index in [2.05, 4.69) is 10.5 Å². The number of rotatable bonds is 6. The average molecular weight is 463 g/mol. The lowest BCUT2D eigenvalue weighted by atomic mass is 9.62. The second-order valence-corrected chi connectivity index (χ2v) is 8.39. The number of carbonyl (C=O) groups is 1. The van der Waals surface area contributed by atoms with Crippen molar-refractivity contribution in [3.63, 3.8) is 0 Å². The van der Waals surface area contributed by atoms with E-state index in [9.17, 15) is 4.79 Å². The molecule has 1 N–H and O–H groups in total. The van der Waals surface area contributed by atoms with Gasteiger partial charge in [0.05, 0.1) is 20.3 Å². The molecule has 0 amide bonds. The van der Waals surface area contributed by atoms with Gasteiger partial charge in [0.25, 0.3) is 0 Å². The summed E-state index contributed by atoms with van der Waals surface area (Å²) in [6.07, 6.45) is 0. The Hall–Kier alpha value is -4.38. The predicted octanol–water partition coefficient (Wildman–Crippen LogP) is 5.31. The molecule has 0 bridgehead atoms. The third-order valence-corrected chi connectivity index (χ3v) is 6.58. The van der Waals surface area contributed by atoms with Crippen LogP contribution >= 0.6 is 0 Å². The number of methoxy groups -OCH3 is 2. The molecule has 1 aliphatic rings. The number of carbonyl (C=O) groups excluding carboxylic acids is 1. The summed E-state index contributed by atoms with van der Waals surface area (Å²) in [7, 11) is 3.26. The zero-order chi connectivity index (χ0) is 24.3. The van der Waals surface area contributed by atoms with Crippen molar-refractivity contribution in [3.8, 4) is 11.5 Å². The van der Waals surface area contributed by atoms with E-state index in [0.29, 0.717) is 5.71 Å². The fourth-order valence-electron chi connectivity index (χ4n) is 4.82. The molecule has 1 unspecified atom stereocenters. The second-order valence-electron chi connectivity index (χ2n) is 8.39. The van der Waals surface area contributed by atoms with Crippen molar-refractivity contribution in [2.24, 2.45) is 5.10 Å². The van der Waals surface area contributed by atoms with Crippen LogP contribution in [0.5, 0.6) is 11.5 Å². The Morgan fingerprint density at radius 3 is 1.66 bits per heavy atom. The van der Waals surface area contributed by atoms with Crippen molar-refractivity contribution in [3.05, 3.63) is 131 Å². The average Bonchev–Trinajstić information content (AvgIpc) is 2.94. The summed E-state index contributed by atoms with van der Waals surface area (Å²) < 4.78 is 10.7. The standard InChI is InChI=1S/C30H26N2O3/c1-34-25-17-13-21(14-18-25)27-29(33)30(23-9-5-3-6-10-23,24-11-7-4-8-12-24)28(32-31-27)22-15-19-26(35-2)20-16-22/h3-20,28,32H,1-2H3. The smallest absolute Gasteiger partial charge is 0.200 e. The molecule has 0 radical (unpaired) electrons. The van der Waals surface area contributed by atoms with Crippen LogP contribution in [0.25, 0.3) is 0 Å². The van der Waals surface area contributed by atoms with Crippen LogP contribution in [-0.4, -0.2) is 25.7 Å². The van der Waals surface area contributed by atoms with Crippen LogP contribution in [-0.2, 0) is 10.2 Å². The number of hydrogen-bond donors (Lipinski definition) is 1. The summed E-state index contributed by atoms with van der Waals surface area (Å²) in [5, 5.41) is 4.63. The van der Waals surface area contributed by atoms with Gasteiger partial charge in [-0.25, -0.2) is 0 Å². The van der Waals surface area contributed by atoms with E-state index >= 15 is 0 Å². The molecule has 0 aliphatic carbocycles. The van der Waals surface area contributed by atoms with Crippen LogP contribution < -0.4 is 14.9 Å². The van der Waals surface area contributed by atoms with Crippen LogP contribution in [0.4, 0.5) is 0 Å². The normalized spacial score (nSPS) is 16.7. The zero-order valence-corrected chi connectivity index (χ0v) is 19.6. The predicted molar refractivity (Wildman–Crippen MR) is 137 cm³/mol. The highest BCUT2D eigenvalue weighted by Crippen LogP contribution is 2.47. The van der Waals surface area contributed by atoms with E-state index in [1.165, 1.54) is 0 Å². The van der Waals surface area contributed by atoms with Crippen LogP contribution in [0.2, 0.25) is 0 Å². The van der Waals surface area contributed by atoms with Crippen molar-refractivity contribution >= 4 is 11.5 Å². The van der Waals surface area contributed by atoms with Crippen LogP contribution in [0, 0.1) is 0 Å². The number of hydrogen-bond acceptors (Lipinski definition) is 5. The third kappa shape index (κ3) is 3.85. The van der Waals surface area contributed by atoms with Crippen molar-refractivity contribution in [1.82, 2.24) is 5.43 Å². The molecule has 4 aromatic rings. The summed E-state index contributed by atoms with van der Waals surface area (Å²) in [4.78, 5) is 14.7. The molecule has 0 saturated carbocycles. The van der Waals surface area contributed by atoms with Gasteiger partial charge < -0.3 is 14.9 Å². The maximum Gasteiger partial charge on any atom is 0.200 e. The highest BCUT2D eigenvalue weighted by atomic mass is 16.5. The number of Topliss-reactive ketones (excluding diaryl/α,β-unsaturated/α-hetero) is 1. The minimum absolute atomic E-state index is 0.0698. The SMILES string of the molecule is COc1ccc(C2=NNC(c3ccc(OC)cc3)C(c3ccccc3)(c3ccccc3)C2=O)cc1. The van der Waals surface area contributed by atoms with Crippen LogP contribution in [0.1, 0.15) is 28.3 Å². The Morgan fingerprint density at radius 1 is 0.686 bits per heavy atom. The molecule has 5 heteroatoms. The summed E-state index contributed by atoms with van der Waals surface area (Å²) in [5.41, 5.74) is 6.15. The highest BCUT2D eigenvalue weighted by Gasteiger charge is 2.53. The molecule has 1 atom stereocenters. The molecular weight excluding hydrogens is 436 g/mol. The quantitative estimate of drug-likeness (QED) is 0.422. The Kier molecular flexibility index (Phi) is 6.06. The number of ketones is 1. The molecule has 5 rings (SSSR count). The monoisotopic (exact) mass is 462 g/mol. The van der Waals surface area contributed by atoms with Crippen molar-refractivity contribution in [2.45, 2.75) is 11.5 Å². The molecule has 0 aromatic heterocycles. The molecule has 1 aliphatic heterocycles. The lowest BCUT2D eigenvalue weighted by molar-refractivity contribution is -0.118. The Balaban J connectivity index is 1.76. The first-order valence-corrected chi connectivity index (χ1v) is 11.5. The van der Waals surface area contributed by atoms with Crippen molar-refractivity contribution < 1.29 is 14.3 Å². The summed E-state index contributed by atoms with van der Waals surface area (Å²) in [6, 6.07) is 34.6. The lowest BCUT2D eigenvalue weighted by Gasteiger charge is -2.43. The molecular formula is C30H26N2O3. The van der Waals surface area contributed by atoms with E-state index in [1.807, 2.05) is 109 Å². The number of hydrazone groups is 1. The Morgan fingerprint density at radius 2 is 1.17 bits per heavy atom. The van der Waals surface area contributed by atoms with Gasteiger partial charge >= 0.3 is 0 Å². The lowest BCUT2D eigenvalue weighted by Crippen LogP contribution is -2.54. The topological polar surface area (TPSA) is 59.9 Å². The fraction of sp³-hybridized carbons (Fsp3) is 0.133. The number of benzene rings is 4. The Labute approximate surface area is 205 Å². The second kappa shape index (κ2) is 9.47. The van der Waals surface area contributed by atoms with Gasteiger partial charge in [-0.2, -0.15) is 5.10 Å². The number of nitrogens with zero attached hydrogens (tertiary/aromatic N) is 1. The minimum atomic E-state index is -1.05. The van der Waals surface area contributed by atoms with Gasteiger partial charge in [-0.15, -0.1) is 0 Å². The van der Waals surface area contributed by atoms with E-state index in [0.717, 1.165) is 33.8 Å². The molecule has 0 saturated heterocycles. The Bertz CT molecular complexity index is 1290. The number of ether oxygens (including phenoxy) is 2. The highest BCUT2D eigenvalue weighted by molar-refractivity contribution is 6.50. The third-order valence-electron chi connectivity index (χ3n) is 6.58. The van der Waals surface area contributed by atoms with Gasteiger partial charge in [0.15, 0.2) is 0 Å². The molecule has 174 valence electrons. The van der Waals surface area contributed by atoms with E-state index in [1.54, 1.807) is 14.2 Å². The van der Waals surface area contributed by atoms with Crippen molar-refractivity contribution in [2.75, 3.05) is 14.2 Å². The van der Waals surface area contributed by atoms with Gasteiger partial charge in [0.1, 0.15) is 22.6 Å². The molecule has 4 aromatic carbocycles. The molecule has 0 spiro atoms. The van der Waals surface area contributed by atoms with Gasteiger partial charge in [-0.3, -0.25) is 4.79 Å². The number of nitrogens with one attached hydrogen (secondary N) is 1. The fourth-order valence-corrected chi connectivity index (χ4v) is 4.82. The molecule has 1 heterocycles. The van der Waals surface area contributed by atoms with Gasteiger partial charge in [-0.1, -0.05) is 72.8 Å². The summed E-state index contributed by atoms with van der Waals surface area (Å²) in [5.74, 6) is 1.40. The van der Waals surface area contributed by atoms with Gasteiger partial charge in [-0.05, 0) is 53.1 Å². The molecule has 35 heavy (non-hydrogen) atoms. The maximum atomic E-state index is 14.7. The first kappa shape index (κ1) is 22.4. The molecule has 5 nitrogen and oxygen atoms in total. The van der Waals surface area contributed by atoms with Gasteiger partial charge in [0.2, 0.25) is 5.78 Å². The zero-order valence-electron chi connectivity index (χ0n) is 19.6. The van der Waals surface area contributed by atoms with E-state index in [4.69, 9.17) is 9.47 Å². The molecule has 0 fully saturated rings. The summed E-state index contributed by atoms with van der Waals surface area (Å²) >= 11 is 0. The first-order chi connectivity index (χ1) is 17.2.